The quantitative estimate of drug-likeness (QED) is 0.163. The first kappa shape index (κ1) is 27.9. The van der Waals surface area contributed by atoms with Crippen LogP contribution in [0.15, 0.2) is 36.4 Å². The molecule has 0 saturated heterocycles. The molecule has 3 aromatic rings. The second-order valence-corrected chi connectivity index (χ2v) is 10.2. The molecular weight excluding hydrogens is 516 g/mol. The molecule has 5 rings (SSSR count). The largest absolute Gasteiger partial charge is 0.494 e. The van der Waals surface area contributed by atoms with Gasteiger partial charge in [0, 0.05) is 12.8 Å². The van der Waals surface area contributed by atoms with Crippen molar-refractivity contribution in [2.24, 2.45) is 0 Å². The van der Waals surface area contributed by atoms with E-state index in [0.717, 1.165) is 75.1 Å². The Bertz CT molecular complexity index is 1580. The first-order chi connectivity index (χ1) is 20.1. The summed E-state index contributed by atoms with van der Waals surface area (Å²) in [5.41, 5.74) is 9.33. The summed E-state index contributed by atoms with van der Waals surface area (Å²) < 4.78 is 16.8. The minimum absolute atomic E-state index is 0.218. The Labute approximate surface area is 240 Å². The number of esters is 1. The van der Waals surface area contributed by atoms with Gasteiger partial charge in [0.15, 0.2) is 0 Å². The van der Waals surface area contributed by atoms with Gasteiger partial charge in [-0.05, 0) is 114 Å². The molecule has 41 heavy (non-hydrogen) atoms. The third-order valence-electron chi connectivity index (χ3n) is 7.75. The van der Waals surface area contributed by atoms with Crippen molar-refractivity contribution in [3.63, 3.8) is 0 Å². The predicted molar refractivity (Wildman–Crippen MR) is 154 cm³/mol. The summed E-state index contributed by atoms with van der Waals surface area (Å²) in [6, 6.07) is 16.8. The van der Waals surface area contributed by atoms with Crippen LogP contribution in [-0.2, 0) is 40.0 Å². The van der Waals surface area contributed by atoms with Crippen LogP contribution in [0.4, 0.5) is 0 Å². The number of nitrogens with zero attached hydrogens (tertiary/aromatic N) is 2. The molecule has 7 heteroatoms. The molecule has 0 bridgehead atoms. The van der Waals surface area contributed by atoms with Gasteiger partial charge in [-0.2, -0.15) is 10.5 Å². The first-order valence-corrected chi connectivity index (χ1v) is 14.2. The van der Waals surface area contributed by atoms with Crippen LogP contribution in [0.2, 0.25) is 0 Å². The summed E-state index contributed by atoms with van der Waals surface area (Å²) in [6.07, 6.45) is 5.76. The van der Waals surface area contributed by atoms with E-state index in [0.29, 0.717) is 69.5 Å². The number of aryl methyl sites for hydroxylation is 2. The van der Waals surface area contributed by atoms with Crippen LogP contribution in [0.5, 0.6) is 11.5 Å². The Hall–Kier alpha value is -4.62. The summed E-state index contributed by atoms with van der Waals surface area (Å²) in [5, 5.41) is 20.3. The van der Waals surface area contributed by atoms with Crippen LogP contribution in [-0.4, -0.2) is 32.1 Å². The van der Waals surface area contributed by atoms with Crippen molar-refractivity contribution in [1.82, 2.24) is 0 Å². The maximum atomic E-state index is 11.6. The fraction of sp³-hybridized carbons (Fsp3) is 0.353. The second kappa shape index (κ2) is 12.7. The number of hydrogen-bond donors (Lipinski definition) is 0. The molecule has 208 valence electrons. The molecule has 3 aromatic carbocycles. The van der Waals surface area contributed by atoms with E-state index in [2.05, 4.69) is 36.4 Å². The number of benzene rings is 3. The van der Waals surface area contributed by atoms with E-state index < -0.39 is 0 Å². The van der Waals surface area contributed by atoms with Crippen molar-refractivity contribution < 1.29 is 23.8 Å². The van der Waals surface area contributed by atoms with E-state index in [4.69, 9.17) is 14.2 Å². The molecule has 0 N–H and O–H groups in total. The SMILES string of the molecule is CCOC(=O)CCCOc1ccc2c(c1)CCc1c(C#N)c(C#N)c3c(c1-2)-c1ccc(OCCCC=O)cc1CC3. The van der Waals surface area contributed by atoms with Crippen molar-refractivity contribution >= 4 is 12.3 Å². The van der Waals surface area contributed by atoms with E-state index in [1.54, 1.807) is 6.92 Å². The summed E-state index contributed by atoms with van der Waals surface area (Å²) in [5.74, 6) is 1.30. The minimum atomic E-state index is -0.218. The summed E-state index contributed by atoms with van der Waals surface area (Å²) in [7, 11) is 0. The second-order valence-electron chi connectivity index (χ2n) is 10.2. The van der Waals surface area contributed by atoms with Gasteiger partial charge < -0.3 is 19.0 Å². The summed E-state index contributed by atoms with van der Waals surface area (Å²) in [4.78, 5) is 22.2. The molecule has 0 atom stereocenters. The maximum Gasteiger partial charge on any atom is 0.305 e. The van der Waals surface area contributed by atoms with Crippen molar-refractivity contribution in [2.75, 3.05) is 19.8 Å². The van der Waals surface area contributed by atoms with E-state index in [1.165, 1.54) is 0 Å². The number of aldehydes is 1. The zero-order valence-corrected chi connectivity index (χ0v) is 23.3. The standard InChI is InChI=1S/C34H32N2O5/c1-2-39-32(38)6-5-17-41-25-10-14-27-23(19-25)8-12-29-31(21-36)30(20-35)28-11-7-22-18-24(40-16-4-3-15-37)9-13-26(22)33(28)34(27)29/h9-10,13-15,18-19H,2-8,11-12,16-17H2,1H3. The molecular formula is C34H32N2O5. The Morgan fingerprint density at radius 1 is 0.829 bits per heavy atom. The number of rotatable bonds is 11. The van der Waals surface area contributed by atoms with Crippen LogP contribution in [0.25, 0.3) is 22.3 Å². The zero-order valence-electron chi connectivity index (χ0n) is 23.3. The van der Waals surface area contributed by atoms with Crippen LogP contribution >= 0.6 is 0 Å². The lowest BCUT2D eigenvalue weighted by atomic mass is 9.72. The monoisotopic (exact) mass is 548 g/mol. The Balaban J connectivity index is 1.51. The molecule has 0 saturated carbocycles. The number of nitriles is 2. The number of fused-ring (bicyclic) bond motifs is 7. The van der Waals surface area contributed by atoms with Crippen LogP contribution in [0, 0.1) is 22.7 Å². The highest BCUT2D eigenvalue weighted by Gasteiger charge is 2.32. The molecule has 0 heterocycles. The highest BCUT2D eigenvalue weighted by molar-refractivity contribution is 5.95. The van der Waals surface area contributed by atoms with Crippen LogP contribution < -0.4 is 9.47 Å². The Kier molecular flexibility index (Phi) is 8.65. The van der Waals surface area contributed by atoms with Gasteiger partial charge in [-0.25, -0.2) is 0 Å². The Morgan fingerprint density at radius 2 is 1.37 bits per heavy atom. The maximum absolute atomic E-state index is 11.6. The summed E-state index contributed by atoms with van der Waals surface area (Å²) >= 11 is 0. The number of unbranched alkanes of at least 4 members (excludes halogenated alkanes) is 1. The lowest BCUT2D eigenvalue weighted by Gasteiger charge is -2.31. The van der Waals surface area contributed by atoms with E-state index in [1.807, 2.05) is 12.1 Å². The molecule has 0 aliphatic heterocycles. The van der Waals surface area contributed by atoms with Gasteiger partial charge in [-0.15, -0.1) is 0 Å². The van der Waals surface area contributed by atoms with Gasteiger partial charge in [0.2, 0.25) is 0 Å². The third kappa shape index (κ3) is 5.67. The topological polar surface area (TPSA) is 109 Å². The van der Waals surface area contributed by atoms with Crippen molar-refractivity contribution in [3.05, 3.63) is 69.8 Å². The van der Waals surface area contributed by atoms with Crippen molar-refractivity contribution in [2.45, 2.75) is 58.3 Å². The molecule has 0 aromatic heterocycles. The number of ether oxygens (including phenoxy) is 3. The van der Waals surface area contributed by atoms with Crippen molar-refractivity contribution in [1.29, 1.82) is 10.5 Å². The molecule has 0 radical (unpaired) electrons. The average Bonchev–Trinajstić information content (AvgIpc) is 3.00. The fourth-order valence-electron chi connectivity index (χ4n) is 5.93. The number of carbonyl (C=O) groups is 2. The summed E-state index contributed by atoms with van der Waals surface area (Å²) in [6.45, 7) is 3.07. The normalized spacial score (nSPS) is 12.5. The molecule has 0 spiro atoms. The van der Waals surface area contributed by atoms with E-state index in [9.17, 15) is 20.1 Å². The highest BCUT2D eigenvalue weighted by Crippen LogP contribution is 2.49. The van der Waals surface area contributed by atoms with Gasteiger partial charge >= 0.3 is 5.97 Å². The smallest absolute Gasteiger partial charge is 0.305 e. The molecule has 0 amide bonds. The van der Waals surface area contributed by atoms with Crippen LogP contribution in [0.1, 0.15) is 66.0 Å². The predicted octanol–water partition coefficient (Wildman–Crippen LogP) is 6.04. The van der Waals surface area contributed by atoms with Crippen LogP contribution in [0.3, 0.4) is 0 Å². The van der Waals surface area contributed by atoms with Gasteiger partial charge in [-0.1, -0.05) is 12.1 Å². The van der Waals surface area contributed by atoms with Gasteiger partial charge in [0.25, 0.3) is 0 Å². The molecule has 0 fully saturated rings. The Morgan fingerprint density at radius 3 is 1.85 bits per heavy atom. The van der Waals surface area contributed by atoms with Gasteiger partial charge in [0.05, 0.1) is 30.9 Å². The minimum Gasteiger partial charge on any atom is -0.494 e. The first-order valence-electron chi connectivity index (χ1n) is 14.2. The lowest BCUT2D eigenvalue weighted by molar-refractivity contribution is -0.143. The average molecular weight is 549 g/mol. The van der Waals surface area contributed by atoms with E-state index in [-0.39, 0.29) is 5.97 Å². The van der Waals surface area contributed by atoms with E-state index >= 15 is 0 Å². The molecule has 2 aliphatic carbocycles. The molecule has 2 aliphatic rings. The van der Waals surface area contributed by atoms with Gasteiger partial charge in [0.1, 0.15) is 29.9 Å². The molecule has 0 unspecified atom stereocenters. The lowest BCUT2D eigenvalue weighted by Crippen LogP contribution is -2.16. The highest BCUT2D eigenvalue weighted by atomic mass is 16.5. The fourth-order valence-corrected chi connectivity index (χ4v) is 5.93. The van der Waals surface area contributed by atoms with Gasteiger partial charge in [-0.3, -0.25) is 4.79 Å². The number of hydrogen-bond acceptors (Lipinski definition) is 7. The number of carbonyl (C=O) groups excluding carboxylic acids is 2. The van der Waals surface area contributed by atoms with Crippen molar-refractivity contribution in [3.8, 4) is 45.9 Å². The zero-order chi connectivity index (χ0) is 28.8. The molecule has 7 nitrogen and oxygen atoms in total. The third-order valence-corrected chi connectivity index (χ3v) is 7.75.